The number of hydrogen-bond acceptors (Lipinski definition) is 13. The highest BCUT2D eigenvalue weighted by molar-refractivity contribution is 7.86. The van der Waals surface area contributed by atoms with Crippen LogP contribution in [0.5, 0.6) is 5.75 Å². The predicted molar refractivity (Wildman–Crippen MR) is 253 cm³/mol. The maximum Gasteiger partial charge on any atom is 0.300 e. The van der Waals surface area contributed by atoms with Crippen LogP contribution in [0.1, 0.15) is 60.9 Å². The Balaban J connectivity index is 0.797. The van der Waals surface area contributed by atoms with Crippen LogP contribution in [0, 0.1) is 16.7 Å². The lowest BCUT2D eigenvalue weighted by Gasteiger charge is -2.35. The number of nitrogens with two attached hydrogens (primary N) is 1. The second-order valence-corrected chi connectivity index (χ2v) is 18.7. The van der Waals surface area contributed by atoms with E-state index in [9.17, 15) is 27.8 Å². The Morgan fingerprint density at radius 3 is 2.58 bits per heavy atom. The van der Waals surface area contributed by atoms with Gasteiger partial charge in [-0.2, -0.15) is 13.7 Å². The zero-order valence-corrected chi connectivity index (χ0v) is 38.1. The topological polar surface area (TPSA) is 210 Å². The second-order valence-electron chi connectivity index (χ2n) is 17.3. The van der Waals surface area contributed by atoms with E-state index in [1.807, 2.05) is 54.4 Å². The third-order valence-corrected chi connectivity index (χ3v) is 13.7. The first kappa shape index (κ1) is 46.3. The van der Waals surface area contributed by atoms with Gasteiger partial charge < -0.3 is 30.1 Å². The maximum absolute atomic E-state index is 13.3. The van der Waals surface area contributed by atoms with Gasteiger partial charge in [-0.15, -0.1) is 0 Å². The predicted octanol–water partition coefficient (Wildman–Crippen LogP) is 6.84. The van der Waals surface area contributed by atoms with E-state index in [0.29, 0.717) is 86.3 Å². The zero-order valence-electron chi connectivity index (χ0n) is 37.2. The first-order valence-electron chi connectivity index (χ1n) is 22.6. The summed E-state index contributed by atoms with van der Waals surface area (Å²) in [6, 6.07) is 25.7. The van der Waals surface area contributed by atoms with Crippen LogP contribution >= 0.6 is 0 Å². The molecule has 0 saturated carbocycles. The summed E-state index contributed by atoms with van der Waals surface area (Å²) in [7, 11) is -2.74. The molecule has 1 amide bonds. The number of rotatable bonds is 18. The molecule has 3 aromatic carbocycles. The summed E-state index contributed by atoms with van der Waals surface area (Å²) >= 11 is 0. The number of ether oxygens (including phenoxy) is 1. The molecule has 0 unspecified atom stereocenters. The first-order valence-corrected chi connectivity index (χ1v) is 24.1. The van der Waals surface area contributed by atoms with Gasteiger partial charge in [0.2, 0.25) is 5.91 Å². The fourth-order valence-electron chi connectivity index (χ4n) is 9.41. The van der Waals surface area contributed by atoms with E-state index in [2.05, 4.69) is 25.8 Å². The van der Waals surface area contributed by atoms with Crippen molar-refractivity contribution >= 4 is 49.4 Å². The number of fused-ring (bicyclic) bond motifs is 3. The van der Waals surface area contributed by atoms with Crippen molar-refractivity contribution in [1.29, 1.82) is 10.7 Å². The van der Waals surface area contributed by atoms with E-state index >= 15 is 0 Å². The van der Waals surface area contributed by atoms with Crippen molar-refractivity contribution in [2.45, 2.75) is 62.4 Å². The van der Waals surface area contributed by atoms with E-state index < -0.39 is 15.0 Å². The molecule has 2 saturated heterocycles. The summed E-state index contributed by atoms with van der Waals surface area (Å²) in [5, 5.41) is 19.0. The molecule has 4 aromatic rings. The van der Waals surface area contributed by atoms with Crippen molar-refractivity contribution in [2.75, 3.05) is 71.7 Å². The number of piperazine rings is 1. The van der Waals surface area contributed by atoms with Gasteiger partial charge in [0, 0.05) is 91.8 Å². The van der Waals surface area contributed by atoms with Crippen molar-refractivity contribution in [2.24, 2.45) is 0 Å². The number of anilines is 1. The van der Waals surface area contributed by atoms with E-state index in [4.69, 9.17) is 20.3 Å². The fourth-order valence-corrected chi connectivity index (χ4v) is 10.2. The molecule has 4 aliphatic rings. The number of nitrogens with one attached hydrogen (secondary N) is 1. The third-order valence-electron chi connectivity index (χ3n) is 12.8. The highest BCUT2D eigenvalue weighted by Crippen LogP contribution is 2.44. The Morgan fingerprint density at radius 2 is 1.77 bits per heavy atom. The largest absolute Gasteiger partial charge is 0.494 e. The SMILES string of the molecule is CN(CCCC(=O)N1CCN(CCCOc2ccc3nccc(C(=O)CCCN4CCC[C@H]4C#N)c3c2)CC1)Cc1ccccc1-c1c2ccc(=N)cc-2oc2c(S(=O)(=O)O)c(N)ccc12. The van der Waals surface area contributed by atoms with Gasteiger partial charge in [0.25, 0.3) is 10.1 Å². The minimum atomic E-state index is -4.75. The normalized spacial score (nSPS) is 16.1. The number of nitriles is 1. The van der Waals surface area contributed by atoms with Crippen molar-refractivity contribution in [3.05, 3.63) is 102 Å². The van der Waals surface area contributed by atoms with Gasteiger partial charge >= 0.3 is 0 Å². The standard InChI is InChI=1S/C50H56N8O7S/c1-55(33-34-8-2-3-10-38(34)48-40-15-13-35(52)30-46(40)65-49-41(48)16-17-43(53)50(49)66(61,62)63)21-6-12-47(60)58-27-25-56(26-28-58)22-7-29-64-37-14-18-44-42(31-37)39(19-20-54-44)45(59)11-5-24-57-23-4-9-36(57)32-51/h2-3,8,10,13-20,30-31,36,52H,4-7,9,11-12,21-29,33,53H2,1H3,(H,61,62,63)/t36-/m0/s1. The van der Waals surface area contributed by atoms with E-state index in [0.717, 1.165) is 74.0 Å². The lowest BCUT2D eigenvalue weighted by Crippen LogP contribution is -2.49. The van der Waals surface area contributed by atoms with Crippen LogP contribution < -0.4 is 15.8 Å². The Labute approximate surface area is 385 Å². The molecular formula is C50H56N8O7S. The average molecular weight is 913 g/mol. The number of carbonyl (C=O) groups excluding carboxylic acids is 2. The molecule has 0 radical (unpaired) electrons. The number of ketones is 1. The molecular weight excluding hydrogens is 857 g/mol. The number of nitrogens with zero attached hydrogens (tertiary/aromatic N) is 6. The molecule has 1 aliphatic carbocycles. The average Bonchev–Trinajstić information content (AvgIpc) is 3.76. The Kier molecular flexibility index (Phi) is 14.4. The van der Waals surface area contributed by atoms with Gasteiger partial charge in [0.15, 0.2) is 16.3 Å². The summed E-state index contributed by atoms with van der Waals surface area (Å²) in [5.41, 5.74) is 10.4. The molecule has 4 heterocycles. The van der Waals surface area contributed by atoms with Crippen molar-refractivity contribution in [1.82, 2.24) is 24.6 Å². The third kappa shape index (κ3) is 10.6. The molecule has 15 nitrogen and oxygen atoms in total. The molecule has 66 heavy (non-hydrogen) atoms. The number of hydrogen-bond donors (Lipinski definition) is 3. The van der Waals surface area contributed by atoms with Gasteiger partial charge in [-0.3, -0.25) is 28.9 Å². The summed E-state index contributed by atoms with van der Waals surface area (Å²) < 4.78 is 47.4. The highest BCUT2D eigenvalue weighted by atomic mass is 32.2. The minimum absolute atomic E-state index is 0.0407. The highest BCUT2D eigenvalue weighted by Gasteiger charge is 2.28. The smallest absolute Gasteiger partial charge is 0.300 e. The van der Waals surface area contributed by atoms with Crippen molar-refractivity contribution in [3.63, 3.8) is 0 Å². The van der Waals surface area contributed by atoms with Gasteiger partial charge in [-0.1, -0.05) is 24.3 Å². The van der Waals surface area contributed by atoms with Crippen molar-refractivity contribution < 1.29 is 31.7 Å². The molecule has 1 atom stereocenters. The summed E-state index contributed by atoms with van der Waals surface area (Å²) in [5.74, 6) is 1.20. The fraction of sp³-hybridized carbons (Fsp3) is 0.380. The number of likely N-dealkylation sites (tertiary alicyclic amines) is 1. The number of amides is 1. The van der Waals surface area contributed by atoms with Gasteiger partial charge in [-0.25, -0.2) is 0 Å². The number of benzene rings is 4. The van der Waals surface area contributed by atoms with Crippen LogP contribution in [0.15, 0.2) is 94.4 Å². The number of Topliss-reactive ketones (excluding diaryl/α,β-unsaturated/α-hetero) is 1. The number of nitrogen functional groups attached to an aromatic ring is 1. The Bertz CT molecular complexity index is 2930. The molecule has 1 aromatic heterocycles. The summed E-state index contributed by atoms with van der Waals surface area (Å²) in [4.78, 5) is 39.2. The van der Waals surface area contributed by atoms with Crippen LogP contribution in [0.25, 0.3) is 44.3 Å². The number of pyridine rings is 1. The molecule has 0 bridgehead atoms. The molecule has 8 rings (SSSR count). The van der Waals surface area contributed by atoms with Crippen LogP contribution in [-0.2, 0) is 21.5 Å². The molecule has 2 fully saturated rings. The number of carbonyl (C=O) groups is 2. The maximum atomic E-state index is 13.3. The van der Waals surface area contributed by atoms with Crippen LogP contribution in [0.2, 0.25) is 0 Å². The van der Waals surface area contributed by atoms with Crippen LogP contribution in [0.4, 0.5) is 5.69 Å². The van der Waals surface area contributed by atoms with E-state index in [-0.39, 0.29) is 40.1 Å². The Hall–Kier alpha value is -6.22. The van der Waals surface area contributed by atoms with E-state index in [1.54, 1.807) is 30.5 Å². The van der Waals surface area contributed by atoms with Gasteiger partial charge in [0.1, 0.15) is 11.5 Å². The van der Waals surface area contributed by atoms with Crippen molar-refractivity contribution in [3.8, 4) is 34.3 Å². The lowest BCUT2D eigenvalue weighted by molar-refractivity contribution is -0.133. The number of aromatic nitrogens is 1. The zero-order chi connectivity index (χ0) is 46.4. The molecule has 16 heteroatoms. The van der Waals surface area contributed by atoms with Crippen LogP contribution in [0.3, 0.4) is 0 Å². The lowest BCUT2D eigenvalue weighted by atomic mass is 9.90. The molecule has 3 aliphatic heterocycles. The monoisotopic (exact) mass is 912 g/mol. The summed E-state index contributed by atoms with van der Waals surface area (Å²) in [6.07, 6.45) is 6.65. The molecule has 0 spiro atoms. The minimum Gasteiger partial charge on any atom is -0.494 e. The quantitative estimate of drug-likeness (QED) is 0.0266. The summed E-state index contributed by atoms with van der Waals surface area (Å²) in [6.45, 7) is 7.18. The molecule has 344 valence electrons. The molecule has 4 N–H and O–H groups in total. The van der Waals surface area contributed by atoms with E-state index in [1.165, 1.54) is 12.1 Å². The van der Waals surface area contributed by atoms with Crippen LogP contribution in [-0.4, -0.2) is 121 Å². The second kappa shape index (κ2) is 20.5. The van der Waals surface area contributed by atoms with Gasteiger partial charge in [-0.05, 0) is 118 Å². The van der Waals surface area contributed by atoms with Gasteiger partial charge in [0.05, 0.1) is 35.3 Å². The Morgan fingerprint density at radius 1 is 0.955 bits per heavy atom. The first-order chi connectivity index (χ1) is 31.9.